The fraction of sp³-hybridized carbons (Fsp3) is 0.394. The molecule has 2 N–H and O–H groups in total. The number of aliphatic hydroxyl groups is 1. The second kappa shape index (κ2) is 12.7. The molecule has 1 aliphatic heterocycles. The van der Waals surface area contributed by atoms with Gasteiger partial charge >= 0.3 is 6.09 Å². The van der Waals surface area contributed by atoms with E-state index in [1.54, 1.807) is 44.6 Å². The Balaban J connectivity index is 1.10. The van der Waals surface area contributed by atoms with Crippen LogP contribution in [0.1, 0.15) is 44.7 Å². The van der Waals surface area contributed by atoms with Gasteiger partial charge in [-0.25, -0.2) is 14.2 Å². The fourth-order valence-electron chi connectivity index (χ4n) is 5.76. The second-order valence-electron chi connectivity index (χ2n) is 13.0. The molecule has 1 aliphatic rings. The average molecular weight is 645 g/mol. The van der Waals surface area contributed by atoms with Gasteiger partial charge in [-0.1, -0.05) is 41.6 Å². The first-order valence-electron chi connectivity index (χ1n) is 15.4. The molecule has 1 amide bonds. The number of halogens is 1. The van der Waals surface area contributed by atoms with Gasteiger partial charge in [-0.2, -0.15) is 10.1 Å². The smallest absolute Gasteiger partial charge is 0.407 e. The minimum atomic E-state index is -1.13. The summed E-state index contributed by atoms with van der Waals surface area (Å²) in [6.07, 6.45) is 2.98. The fourth-order valence-corrected chi connectivity index (χ4v) is 5.76. The summed E-state index contributed by atoms with van der Waals surface area (Å²) in [5.74, 6) is -0.0384. The van der Waals surface area contributed by atoms with Gasteiger partial charge in [0.05, 0.1) is 24.2 Å². The Morgan fingerprint density at radius 1 is 1.09 bits per heavy atom. The van der Waals surface area contributed by atoms with E-state index in [0.717, 1.165) is 11.1 Å². The number of amides is 1. The zero-order chi connectivity index (χ0) is 33.3. The van der Waals surface area contributed by atoms with E-state index in [0.29, 0.717) is 67.2 Å². The van der Waals surface area contributed by atoms with Crippen LogP contribution in [0.3, 0.4) is 0 Å². The zero-order valence-electron chi connectivity index (χ0n) is 26.7. The monoisotopic (exact) mass is 644 g/mol. The summed E-state index contributed by atoms with van der Waals surface area (Å²) in [6.45, 7) is 7.25. The molecule has 0 unspecified atom stereocenters. The van der Waals surface area contributed by atoms with Crippen LogP contribution in [0.4, 0.5) is 9.18 Å². The first-order valence-corrected chi connectivity index (χ1v) is 15.4. The lowest BCUT2D eigenvalue weighted by molar-refractivity contribution is -0.0366. The Morgan fingerprint density at radius 3 is 2.47 bits per heavy atom. The molecule has 47 heavy (non-hydrogen) atoms. The van der Waals surface area contributed by atoms with Gasteiger partial charge in [-0.15, -0.1) is 0 Å². The first-order chi connectivity index (χ1) is 22.4. The number of aromatic nitrogens is 6. The number of rotatable bonds is 8. The van der Waals surface area contributed by atoms with Crippen LogP contribution in [0.15, 0.2) is 64.5 Å². The third-order valence-electron chi connectivity index (χ3n) is 8.19. The van der Waals surface area contributed by atoms with Crippen molar-refractivity contribution in [3.63, 3.8) is 0 Å². The maximum atomic E-state index is 14.8. The number of aryl methyl sites for hydroxylation is 1. The lowest BCUT2D eigenvalue weighted by Gasteiger charge is -2.38. The van der Waals surface area contributed by atoms with Crippen LogP contribution >= 0.6 is 0 Å². The van der Waals surface area contributed by atoms with Gasteiger partial charge in [-0.3, -0.25) is 18.9 Å². The van der Waals surface area contributed by atoms with Crippen LogP contribution in [0.2, 0.25) is 0 Å². The number of carbonyl (C=O) groups excluding carboxylic acids is 1. The zero-order valence-corrected chi connectivity index (χ0v) is 26.7. The Kier molecular flexibility index (Phi) is 8.64. The summed E-state index contributed by atoms with van der Waals surface area (Å²) in [5.41, 5.74) is 2.07. The predicted octanol–water partition coefficient (Wildman–Crippen LogP) is 4.04. The molecule has 1 saturated heterocycles. The number of ether oxygens (including phenoxy) is 1. The van der Waals surface area contributed by atoms with Crippen LogP contribution in [-0.4, -0.2) is 69.9 Å². The lowest BCUT2D eigenvalue weighted by Crippen LogP contribution is -2.47. The summed E-state index contributed by atoms with van der Waals surface area (Å²) < 4.78 is 27.9. The molecular formula is C33H37FN8O5. The minimum Gasteiger partial charge on any atom is -0.444 e. The summed E-state index contributed by atoms with van der Waals surface area (Å²) in [4.78, 5) is 36.1. The predicted molar refractivity (Wildman–Crippen MR) is 170 cm³/mol. The molecule has 14 heteroatoms. The number of alkyl carbamates (subject to hydrolysis) is 1. The quantitative estimate of drug-likeness (QED) is 0.253. The SMILES string of the molecule is Cn1nc2c(=O)n(CC3(O)CCN(Cc4ccc(-c5ncon5)cc4F)CC3)cnc2c1-c1ccc(CNC(=O)OC(C)(C)C)cc1. The maximum Gasteiger partial charge on any atom is 0.407 e. The van der Waals surface area contributed by atoms with Gasteiger partial charge in [-0.05, 0) is 45.2 Å². The number of nitrogens with one attached hydrogen (secondary N) is 1. The van der Waals surface area contributed by atoms with Crippen LogP contribution in [0, 0.1) is 5.82 Å². The normalized spacial score (nSPS) is 15.2. The molecule has 0 aliphatic carbocycles. The third-order valence-corrected chi connectivity index (χ3v) is 8.19. The van der Waals surface area contributed by atoms with Gasteiger partial charge in [0.2, 0.25) is 12.2 Å². The van der Waals surface area contributed by atoms with Crippen LogP contribution in [0.5, 0.6) is 0 Å². The minimum absolute atomic E-state index is 0.0711. The van der Waals surface area contributed by atoms with Crippen molar-refractivity contribution in [2.24, 2.45) is 7.05 Å². The van der Waals surface area contributed by atoms with Gasteiger partial charge in [0.25, 0.3) is 5.56 Å². The molecule has 4 heterocycles. The van der Waals surface area contributed by atoms with E-state index in [1.165, 1.54) is 23.4 Å². The molecule has 1 fully saturated rings. The van der Waals surface area contributed by atoms with Gasteiger partial charge in [0.1, 0.15) is 16.9 Å². The maximum absolute atomic E-state index is 14.8. The Morgan fingerprint density at radius 2 is 1.81 bits per heavy atom. The molecule has 0 saturated carbocycles. The van der Waals surface area contributed by atoms with E-state index in [4.69, 9.17) is 9.26 Å². The first kappa shape index (κ1) is 32.0. The van der Waals surface area contributed by atoms with Crippen LogP contribution in [-0.2, 0) is 31.4 Å². The molecule has 3 aromatic heterocycles. The standard InChI is InChI=1S/C33H37FN8O5/c1-32(2,3)47-31(44)35-16-21-5-7-22(8-6-21)28-26-27(38-40(28)4)30(43)42(19-36-26)18-33(45)11-13-41(14-12-33)17-24-10-9-23(15-25(24)34)29-37-20-46-39-29/h5-10,15,19-20,45H,11-14,16-18H2,1-4H3,(H,35,44). The Labute approximate surface area is 270 Å². The highest BCUT2D eigenvalue weighted by Crippen LogP contribution is 2.28. The van der Waals surface area contributed by atoms with Crippen molar-refractivity contribution in [3.05, 3.63) is 82.5 Å². The van der Waals surface area contributed by atoms with Crippen molar-refractivity contribution in [1.82, 2.24) is 39.7 Å². The van der Waals surface area contributed by atoms with Gasteiger partial charge < -0.3 is 19.7 Å². The van der Waals surface area contributed by atoms with Gasteiger partial charge in [0.15, 0.2) is 5.52 Å². The van der Waals surface area contributed by atoms with E-state index in [9.17, 15) is 19.1 Å². The number of fused-ring (bicyclic) bond motifs is 1. The Bertz CT molecular complexity index is 1940. The molecule has 0 spiro atoms. The molecule has 0 bridgehead atoms. The molecule has 13 nitrogen and oxygen atoms in total. The second-order valence-corrected chi connectivity index (χ2v) is 13.0. The topological polar surface area (TPSA) is 153 Å². The summed E-state index contributed by atoms with van der Waals surface area (Å²) in [7, 11) is 1.75. The highest BCUT2D eigenvalue weighted by atomic mass is 19.1. The molecule has 2 aromatic carbocycles. The van der Waals surface area contributed by atoms with E-state index in [-0.39, 0.29) is 23.4 Å². The highest BCUT2D eigenvalue weighted by Gasteiger charge is 2.34. The van der Waals surface area contributed by atoms with Gasteiger partial charge in [0, 0.05) is 49.9 Å². The van der Waals surface area contributed by atoms with Crippen molar-refractivity contribution in [2.45, 2.75) is 64.4 Å². The molecule has 6 rings (SSSR count). The number of hydrogen-bond acceptors (Lipinski definition) is 10. The Hall–Kier alpha value is -4.95. The van der Waals surface area contributed by atoms with Crippen molar-refractivity contribution in [3.8, 4) is 22.6 Å². The average Bonchev–Trinajstić information content (AvgIpc) is 3.68. The molecular weight excluding hydrogens is 607 g/mol. The number of likely N-dealkylation sites (tertiary alicyclic amines) is 1. The molecule has 0 radical (unpaired) electrons. The van der Waals surface area contributed by atoms with Crippen molar-refractivity contribution in [2.75, 3.05) is 13.1 Å². The number of carbonyl (C=O) groups is 1. The third kappa shape index (κ3) is 7.23. The van der Waals surface area contributed by atoms with Crippen LogP contribution in [0.25, 0.3) is 33.7 Å². The number of benzene rings is 2. The largest absolute Gasteiger partial charge is 0.444 e. The molecule has 0 atom stereocenters. The van der Waals surface area contributed by atoms with Crippen molar-refractivity contribution < 1.29 is 23.6 Å². The summed E-state index contributed by atoms with van der Waals surface area (Å²) >= 11 is 0. The number of hydrogen-bond donors (Lipinski definition) is 2. The van der Waals surface area contributed by atoms with E-state index in [2.05, 4.69) is 30.4 Å². The molecule has 5 aromatic rings. The van der Waals surface area contributed by atoms with Crippen LogP contribution < -0.4 is 10.9 Å². The number of piperidine rings is 1. The lowest BCUT2D eigenvalue weighted by atomic mass is 9.91. The molecule has 246 valence electrons. The van der Waals surface area contributed by atoms with E-state index in [1.807, 2.05) is 24.3 Å². The number of nitrogens with zero attached hydrogens (tertiary/aromatic N) is 7. The summed E-state index contributed by atoms with van der Waals surface area (Å²) in [5, 5.41) is 22.4. The summed E-state index contributed by atoms with van der Waals surface area (Å²) in [6, 6.07) is 12.4. The van der Waals surface area contributed by atoms with Crippen molar-refractivity contribution in [1.29, 1.82) is 0 Å². The highest BCUT2D eigenvalue weighted by molar-refractivity contribution is 5.89. The van der Waals surface area contributed by atoms with Crippen molar-refractivity contribution >= 4 is 17.1 Å². The van der Waals surface area contributed by atoms with E-state index < -0.39 is 17.3 Å². The van der Waals surface area contributed by atoms with E-state index >= 15 is 0 Å².